The number of amides is 1. The number of benzene rings is 2. The quantitative estimate of drug-likeness (QED) is 0.362. The van der Waals surface area contributed by atoms with Gasteiger partial charge < -0.3 is 5.32 Å². The zero-order valence-corrected chi connectivity index (χ0v) is 19.4. The van der Waals surface area contributed by atoms with E-state index in [0.29, 0.717) is 13.0 Å². The third kappa shape index (κ3) is 5.79. The average molecular weight is 427 g/mol. The van der Waals surface area contributed by atoms with Crippen LogP contribution in [-0.4, -0.2) is 12.1 Å². The maximum absolute atomic E-state index is 12.6. The van der Waals surface area contributed by atoms with E-state index in [1.807, 2.05) is 67.4 Å². The van der Waals surface area contributed by atoms with Gasteiger partial charge in [0, 0.05) is 29.7 Å². The molecular weight excluding hydrogens is 394 g/mol. The molecule has 1 unspecified atom stereocenters. The smallest absolute Gasteiger partial charge is 0.230 e. The van der Waals surface area contributed by atoms with Crippen molar-refractivity contribution in [3.63, 3.8) is 0 Å². The minimum absolute atomic E-state index is 0.000347. The second-order valence-electron chi connectivity index (χ2n) is 7.86. The van der Waals surface area contributed by atoms with Crippen molar-refractivity contribution < 1.29 is 9.36 Å². The van der Waals surface area contributed by atoms with Gasteiger partial charge >= 0.3 is 0 Å². The van der Waals surface area contributed by atoms with E-state index < -0.39 is 0 Å². The molecular formula is C28H32N3O+. The molecule has 0 bridgehead atoms. The first kappa shape index (κ1) is 23.1. The van der Waals surface area contributed by atoms with Crippen LogP contribution < -0.4 is 9.88 Å². The van der Waals surface area contributed by atoms with Gasteiger partial charge in [0.25, 0.3) is 0 Å². The van der Waals surface area contributed by atoms with Crippen LogP contribution in [0.2, 0.25) is 0 Å². The molecule has 1 atom stereocenters. The van der Waals surface area contributed by atoms with Gasteiger partial charge in [-0.2, -0.15) is 0 Å². The van der Waals surface area contributed by atoms with Gasteiger partial charge in [0.15, 0.2) is 18.9 Å². The molecule has 0 aliphatic heterocycles. The Bertz CT molecular complexity index is 1120. The molecule has 2 aromatic carbocycles. The summed E-state index contributed by atoms with van der Waals surface area (Å²) in [5.41, 5.74) is 6.64. The molecule has 3 aromatic rings. The lowest BCUT2D eigenvalue weighted by atomic mass is 9.84. The summed E-state index contributed by atoms with van der Waals surface area (Å²) in [5.74, 6) is -0.00699. The number of carbonyl (C=O) groups excluding carboxylic acids is 1. The maximum atomic E-state index is 12.6. The van der Waals surface area contributed by atoms with Crippen molar-refractivity contribution in [2.45, 2.75) is 46.6 Å². The summed E-state index contributed by atoms with van der Waals surface area (Å²) in [6.45, 7) is 8.90. The zero-order chi connectivity index (χ0) is 22.9. The zero-order valence-electron chi connectivity index (χ0n) is 19.4. The van der Waals surface area contributed by atoms with E-state index in [0.717, 1.165) is 16.9 Å². The fourth-order valence-corrected chi connectivity index (χ4v) is 3.89. The highest BCUT2D eigenvalue weighted by molar-refractivity contribution is 5.90. The molecule has 0 fully saturated rings. The first-order valence-electron chi connectivity index (χ1n) is 11.1. The van der Waals surface area contributed by atoms with Gasteiger partial charge in [0.05, 0.1) is 12.3 Å². The number of hydrogen-bond donors (Lipinski definition) is 1. The lowest BCUT2D eigenvalue weighted by molar-refractivity contribution is -0.695. The topological polar surface area (TPSA) is 45.3 Å². The van der Waals surface area contributed by atoms with E-state index in [4.69, 9.17) is 0 Å². The molecule has 32 heavy (non-hydrogen) atoms. The van der Waals surface area contributed by atoms with Crippen LogP contribution in [0.5, 0.6) is 0 Å². The third-order valence-corrected chi connectivity index (χ3v) is 5.71. The van der Waals surface area contributed by atoms with Gasteiger partial charge in [-0.1, -0.05) is 42.5 Å². The number of anilines is 1. The molecule has 1 amide bonds. The van der Waals surface area contributed by atoms with Crippen molar-refractivity contribution in [3.8, 4) is 0 Å². The van der Waals surface area contributed by atoms with Gasteiger partial charge in [-0.05, 0) is 62.1 Å². The summed E-state index contributed by atoms with van der Waals surface area (Å²) in [6.07, 6.45) is 8.25. The Kier molecular flexibility index (Phi) is 8.09. The maximum Gasteiger partial charge on any atom is 0.230 e. The van der Waals surface area contributed by atoms with Crippen LogP contribution in [-0.2, 0) is 11.3 Å². The molecule has 0 radical (unpaired) electrons. The van der Waals surface area contributed by atoms with E-state index >= 15 is 0 Å². The molecule has 0 saturated carbocycles. The number of aromatic nitrogens is 1. The second-order valence-corrected chi connectivity index (χ2v) is 7.86. The van der Waals surface area contributed by atoms with Crippen LogP contribution in [0.1, 0.15) is 48.4 Å². The summed E-state index contributed by atoms with van der Waals surface area (Å²) in [7, 11) is 0. The predicted molar refractivity (Wildman–Crippen MR) is 132 cm³/mol. The average Bonchev–Trinajstić information content (AvgIpc) is 2.81. The number of aryl methyl sites for hydroxylation is 2. The van der Waals surface area contributed by atoms with E-state index in [9.17, 15) is 4.79 Å². The standard InChI is InChI=1S/C28H31N3O/c1-5-26(29-6-2)28(25-15-10-12-21(3)22(25)4)23-13-11-14-24(20-23)30-27(32)16-19-31-17-8-7-9-18-31/h5-15,17-18,20,28H,16,19H2,1-4H3/p+1/b26-5-,29-6?. The summed E-state index contributed by atoms with van der Waals surface area (Å²) < 4.78 is 2.01. The van der Waals surface area contributed by atoms with Crippen molar-refractivity contribution in [1.82, 2.24) is 0 Å². The SMILES string of the molecule is CC=N/C(=C\C)C(c1cccc(NC(=O)CC[n+]2ccccc2)c1)c1cccc(C)c1C. The summed E-state index contributed by atoms with van der Waals surface area (Å²) in [4.78, 5) is 17.2. The van der Waals surface area contributed by atoms with Crippen LogP contribution in [0.3, 0.4) is 0 Å². The molecule has 0 saturated heterocycles. The van der Waals surface area contributed by atoms with Crippen molar-refractivity contribution in [2.24, 2.45) is 4.99 Å². The Balaban J connectivity index is 1.87. The largest absolute Gasteiger partial charge is 0.326 e. The highest BCUT2D eigenvalue weighted by Crippen LogP contribution is 2.36. The molecule has 3 rings (SSSR count). The fourth-order valence-electron chi connectivity index (χ4n) is 3.89. The van der Waals surface area contributed by atoms with E-state index in [-0.39, 0.29) is 11.8 Å². The molecule has 4 nitrogen and oxygen atoms in total. The Hall–Kier alpha value is -3.53. The molecule has 1 N–H and O–H groups in total. The summed E-state index contributed by atoms with van der Waals surface area (Å²) >= 11 is 0. The Morgan fingerprint density at radius 1 is 1.03 bits per heavy atom. The lowest BCUT2D eigenvalue weighted by Crippen LogP contribution is -2.34. The van der Waals surface area contributed by atoms with E-state index in [2.05, 4.69) is 60.6 Å². The summed E-state index contributed by atoms with van der Waals surface area (Å²) in [5, 5.41) is 3.06. The number of hydrogen-bond acceptors (Lipinski definition) is 2. The predicted octanol–water partition coefficient (Wildman–Crippen LogP) is 5.75. The number of rotatable bonds is 8. The highest BCUT2D eigenvalue weighted by Gasteiger charge is 2.21. The van der Waals surface area contributed by atoms with E-state index in [1.165, 1.54) is 16.7 Å². The first-order chi connectivity index (χ1) is 15.5. The van der Waals surface area contributed by atoms with Crippen molar-refractivity contribution in [1.29, 1.82) is 0 Å². The number of nitrogens with one attached hydrogen (secondary N) is 1. The van der Waals surface area contributed by atoms with Gasteiger partial charge in [-0.25, -0.2) is 4.57 Å². The lowest BCUT2D eigenvalue weighted by Gasteiger charge is -2.22. The number of aliphatic imine (C=N–C) groups is 1. The minimum atomic E-state index is -0.00664. The molecule has 0 aliphatic carbocycles. The molecule has 1 heterocycles. The van der Waals surface area contributed by atoms with Crippen molar-refractivity contribution >= 4 is 17.8 Å². The minimum Gasteiger partial charge on any atom is -0.326 e. The van der Waals surface area contributed by atoms with Crippen LogP contribution >= 0.6 is 0 Å². The van der Waals surface area contributed by atoms with Crippen molar-refractivity contribution in [3.05, 3.63) is 107 Å². The summed E-state index contributed by atoms with van der Waals surface area (Å²) in [6, 6.07) is 20.4. The molecule has 1 aromatic heterocycles. The normalized spacial score (nSPS) is 12.7. The number of carbonyl (C=O) groups is 1. The van der Waals surface area contributed by atoms with Crippen LogP contribution in [0, 0.1) is 13.8 Å². The first-order valence-corrected chi connectivity index (χ1v) is 11.1. The Morgan fingerprint density at radius 3 is 2.50 bits per heavy atom. The third-order valence-electron chi connectivity index (χ3n) is 5.71. The van der Waals surface area contributed by atoms with Gasteiger partial charge in [0.1, 0.15) is 0 Å². The number of pyridine rings is 1. The number of allylic oxidation sites excluding steroid dienone is 2. The molecule has 0 aliphatic rings. The van der Waals surface area contributed by atoms with Gasteiger partial charge in [-0.3, -0.25) is 9.79 Å². The Morgan fingerprint density at radius 2 is 1.78 bits per heavy atom. The van der Waals surface area contributed by atoms with Crippen LogP contribution in [0.15, 0.2) is 89.8 Å². The molecule has 4 heteroatoms. The highest BCUT2D eigenvalue weighted by atomic mass is 16.1. The molecule has 164 valence electrons. The van der Waals surface area contributed by atoms with E-state index in [1.54, 1.807) is 0 Å². The van der Waals surface area contributed by atoms with Crippen LogP contribution in [0.25, 0.3) is 0 Å². The fraction of sp³-hybridized carbons (Fsp3) is 0.250. The second kappa shape index (κ2) is 11.2. The number of nitrogens with zero attached hydrogens (tertiary/aromatic N) is 2. The Labute approximate surface area is 191 Å². The van der Waals surface area contributed by atoms with Gasteiger partial charge in [-0.15, -0.1) is 0 Å². The molecule has 0 spiro atoms. The van der Waals surface area contributed by atoms with Crippen LogP contribution in [0.4, 0.5) is 5.69 Å². The van der Waals surface area contributed by atoms with Crippen molar-refractivity contribution in [2.75, 3.05) is 5.32 Å². The monoisotopic (exact) mass is 426 g/mol. The van der Waals surface area contributed by atoms with Gasteiger partial charge in [0.2, 0.25) is 5.91 Å².